The highest BCUT2D eigenvalue weighted by Gasteiger charge is 2.12. The Morgan fingerprint density at radius 2 is 1.84 bits per heavy atom. The van der Waals surface area contributed by atoms with Crippen LogP contribution in [0, 0.1) is 0 Å². The average Bonchev–Trinajstić information content (AvgIpc) is 2.46. The lowest BCUT2D eigenvalue weighted by atomic mass is 9.99. The first-order valence-electron chi connectivity index (χ1n) is 7.15. The van der Waals surface area contributed by atoms with E-state index >= 15 is 0 Å². The summed E-state index contributed by atoms with van der Waals surface area (Å²) in [6, 6.07) is 15.8. The highest BCUT2D eigenvalue weighted by molar-refractivity contribution is 7.99. The number of benzene rings is 2. The monoisotopic (exact) mass is 273 g/mol. The van der Waals surface area contributed by atoms with Crippen LogP contribution in [0.15, 0.2) is 42.5 Å². The van der Waals surface area contributed by atoms with Crippen molar-refractivity contribution >= 4 is 22.5 Å². The lowest BCUT2D eigenvalue weighted by molar-refractivity contribution is 0.609. The first-order valence-corrected chi connectivity index (χ1v) is 8.31. The molecular formula is C17H23NS. The van der Waals surface area contributed by atoms with Gasteiger partial charge in [-0.15, -0.1) is 0 Å². The van der Waals surface area contributed by atoms with Crippen LogP contribution in [0.2, 0.25) is 0 Å². The molecule has 1 N–H and O–H groups in total. The summed E-state index contributed by atoms with van der Waals surface area (Å²) in [5.41, 5.74) is 1.43. The molecule has 2 aromatic rings. The van der Waals surface area contributed by atoms with Crippen molar-refractivity contribution in [2.24, 2.45) is 0 Å². The van der Waals surface area contributed by atoms with Crippen LogP contribution in [0.3, 0.4) is 0 Å². The normalized spacial score (nSPS) is 12.7. The zero-order valence-electron chi connectivity index (χ0n) is 11.9. The van der Waals surface area contributed by atoms with Crippen LogP contribution in [0.4, 0.5) is 0 Å². The first-order chi connectivity index (χ1) is 9.36. The predicted molar refractivity (Wildman–Crippen MR) is 88.0 cm³/mol. The molecule has 0 bridgehead atoms. The second-order valence-corrected chi connectivity index (χ2v) is 5.90. The zero-order valence-corrected chi connectivity index (χ0v) is 12.7. The maximum atomic E-state index is 3.63. The maximum absolute atomic E-state index is 3.63. The second-order valence-electron chi connectivity index (χ2n) is 4.75. The van der Waals surface area contributed by atoms with Gasteiger partial charge in [-0.3, -0.25) is 0 Å². The molecule has 0 aliphatic carbocycles. The predicted octanol–water partition coefficient (Wildman–Crippen LogP) is 4.63. The Bertz CT molecular complexity index is 504. The van der Waals surface area contributed by atoms with Crippen LogP contribution in [0.25, 0.3) is 10.8 Å². The summed E-state index contributed by atoms with van der Waals surface area (Å²) in [6.45, 7) is 5.44. The van der Waals surface area contributed by atoms with Crippen LogP contribution in [0.1, 0.15) is 31.9 Å². The highest BCUT2D eigenvalue weighted by atomic mass is 32.2. The summed E-state index contributed by atoms with van der Waals surface area (Å²) in [5, 5.41) is 6.35. The fraction of sp³-hybridized carbons (Fsp3) is 0.412. The largest absolute Gasteiger partial charge is 0.309 e. The molecule has 2 heteroatoms. The van der Waals surface area contributed by atoms with E-state index in [9.17, 15) is 0 Å². The minimum atomic E-state index is 0.452. The number of thioether (sulfide) groups is 1. The Kier molecular flexibility index (Phi) is 5.74. The summed E-state index contributed by atoms with van der Waals surface area (Å²) in [5.74, 6) is 2.39. The topological polar surface area (TPSA) is 12.0 Å². The minimum absolute atomic E-state index is 0.452. The van der Waals surface area contributed by atoms with Gasteiger partial charge in [-0.2, -0.15) is 11.8 Å². The summed E-state index contributed by atoms with van der Waals surface area (Å²) in [6.07, 6.45) is 1.25. The van der Waals surface area contributed by atoms with Crippen molar-refractivity contribution in [2.75, 3.05) is 18.1 Å². The summed E-state index contributed by atoms with van der Waals surface area (Å²) >= 11 is 2.04. The van der Waals surface area contributed by atoms with Crippen molar-refractivity contribution in [2.45, 2.75) is 26.3 Å². The number of rotatable bonds is 7. The van der Waals surface area contributed by atoms with Gasteiger partial charge in [0, 0.05) is 11.8 Å². The van der Waals surface area contributed by atoms with Crippen molar-refractivity contribution in [3.05, 3.63) is 48.0 Å². The molecule has 0 aliphatic heterocycles. The van der Waals surface area contributed by atoms with Crippen LogP contribution < -0.4 is 5.32 Å². The molecule has 0 amide bonds. The van der Waals surface area contributed by atoms with E-state index in [-0.39, 0.29) is 0 Å². The van der Waals surface area contributed by atoms with E-state index in [1.165, 1.54) is 28.5 Å². The number of nitrogens with one attached hydrogen (secondary N) is 1. The van der Waals surface area contributed by atoms with Crippen LogP contribution >= 0.6 is 11.8 Å². The third kappa shape index (κ3) is 3.74. The van der Waals surface area contributed by atoms with Gasteiger partial charge in [0.1, 0.15) is 0 Å². The van der Waals surface area contributed by atoms with Crippen molar-refractivity contribution in [1.29, 1.82) is 0 Å². The van der Waals surface area contributed by atoms with Crippen molar-refractivity contribution < 1.29 is 0 Å². The molecule has 0 spiro atoms. The molecule has 0 radical (unpaired) electrons. The van der Waals surface area contributed by atoms with E-state index in [1.54, 1.807) is 0 Å². The van der Waals surface area contributed by atoms with E-state index in [2.05, 4.69) is 61.6 Å². The van der Waals surface area contributed by atoms with Crippen molar-refractivity contribution in [3.8, 4) is 0 Å². The van der Waals surface area contributed by atoms with Crippen molar-refractivity contribution in [1.82, 2.24) is 5.32 Å². The second kappa shape index (κ2) is 7.56. The number of hydrogen-bond acceptors (Lipinski definition) is 2. The van der Waals surface area contributed by atoms with Gasteiger partial charge in [-0.05, 0) is 35.1 Å². The molecule has 2 aromatic carbocycles. The van der Waals surface area contributed by atoms with Gasteiger partial charge in [0.05, 0.1) is 0 Å². The fourth-order valence-corrected chi connectivity index (χ4v) is 3.39. The van der Waals surface area contributed by atoms with Gasteiger partial charge in [-0.1, -0.05) is 56.3 Å². The van der Waals surface area contributed by atoms with Crippen LogP contribution in [-0.4, -0.2) is 18.1 Å². The molecule has 102 valence electrons. The molecule has 0 aromatic heterocycles. The molecule has 0 fully saturated rings. The average molecular weight is 273 g/mol. The number of fused-ring (bicyclic) bond motifs is 1. The van der Waals surface area contributed by atoms with E-state index < -0.39 is 0 Å². The molecule has 1 atom stereocenters. The number of hydrogen-bond donors (Lipinski definition) is 1. The SMILES string of the molecule is CCCSCC(NCC)c1cccc2ccccc12. The Balaban J connectivity index is 2.27. The molecule has 19 heavy (non-hydrogen) atoms. The summed E-state index contributed by atoms with van der Waals surface area (Å²) in [7, 11) is 0. The minimum Gasteiger partial charge on any atom is -0.309 e. The fourth-order valence-electron chi connectivity index (χ4n) is 2.40. The van der Waals surface area contributed by atoms with Gasteiger partial charge >= 0.3 is 0 Å². The smallest absolute Gasteiger partial charge is 0.0417 e. The molecular weight excluding hydrogens is 250 g/mol. The van der Waals surface area contributed by atoms with E-state index in [0.717, 1.165) is 12.3 Å². The third-order valence-electron chi connectivity index (χ3n) is 3.28. The standard InChI is InChI=1S/C17H23NS/c1-3-12-19-13-17(18-4-2)16-11-7-9-14-8-5-6-10-15(14)16/h5-11,17-18H,3-4,12-13H2,1-2H3. The Morgan fingerprint density at radius 1 is 1.05 bits per heavy atom. The lowest BCUT2D eigenvalue weighted by Gasteiger charge is -2.20. The highest BCUT2D eigenvalue weighted by Crippen LogP contribution is 2.26. The maximum Gasteiger partial charge on any atom is 0.0417 e. The first kappa shape index (κ1) is 14.4. The Morgan fingerprint density at radius 3 is 2.63 bits per heavy atom. The van der Waals surface area contributed by atoms with Crippen LogP contribution in [-0.2, 0) is 0 Å². The van der Waals surface area contributed by atoms with Gasteiger partial charge in [0.2, 0.25) is 0 Å². The van der Waals surface area contributed by atoms with Gasteiger partial charge in [0.15, 0.2) is 0 Å². The molecule has 0 saturated heterocycles. The Hall–Kier alpha value is -0.990. The molecule has 1 unspecified atom stereocenters. The van der Waals surface area contributed by atoms with Gasteiger partial charge < -0.3 is 5.32 Å². The van der Waals surface area contributed by atoms with E-state index in [4.69, 9.17) is 0 Å². The molecule has 2 rings (SSSR count). The zero-order chi connectivity index (χ0) is 13.5. The molecule has 1 nitrogen and oxygen atoms in total. The third-order valence-corrected chi connectivity index (χ3v) is 4.55. The van der Waals surface area contributed by atoms with Crippen LogP contribution in [0.5, 0.6) is 0 Å². The molecule has 0 heterocycles. The Labute approximate surface area is 120 Å². The molecule has 0 saturated carbocycles. The summed E-state index contributed by atoms with van der Waals surface area (Å²) in [4.78, 5) is 0. The van der Waals surface area contributed by atoms with Crippen molar-refractivity contribution in [3.63, 3.8) is 0 Å². The summed E-state index contributed by atoms with van der Waals surface area (Å²) < 4.78 is 0. The lowest BCUT2D eigenvalue weighted by Crippen LogP contribution is -2.23. The molecule has 0 aliphatic rings. The quantitative estimate of drug-likeness (QED) is 0.738. The van der Waals surface area contributed by atoms with E-state index in [1.807, 2.05) is 11.8 Å². The van der Waals surface area contributed by atoms with Gasteiger partial charge in [-0.25, -0.2) is 0 Å². The van der Waals surface area contributed by atoms with E-state index in [0.29, 0.717) is 6.04 Å². The van der Waals surface area contributed by atoms with Gasteiger partial charge in [0.25, 0.3) is 0 Å².